The van der Waals surface area contributed by atoms with E-state index in [0.29, 0.717) is 5.95 Å². The van der Waals surface area contributed by atoms with E-state index in [1.807, 2.05) is 54.6 Å². The molecule has 0 saturated heterocycles. The second-order valence-corrected chi connectivity index (χ2v) is 3.72. The van der Waals surface area contributed by atoms with Crippen LogP contribution in [0.4, 0.5) is 11.6 Å². The Morgan fingerprint density at radius 3 is 2.41 bits per heavy atom. The fourth-order valence-electron chi connectivity index (χ4n) is 1.66. The number of para-hydroxylation sites is 3. The van der Waals surface area contributed by atoms with E-state index in [4.69, 9.17) is 0 Å². The number of nitrogens with one attached hydrogen (secondary N) is 3. The molecule has 1 heterocycles. The molecular weight excluding hydrogens is 212 g/mol. The van der Waals surface area contributed by atoms with Gasteiger partial charge in [-0.05, 0) is 24.3 Å². The molecule has 2 aromatic carbocycles. The van der Waals surface area contributed by atoms with Gasteiger partial charge >= 0.3 is 0 Å². The fraction of sp³-hybridized carbons (Fsp3) is 0. The molecule has 4 heteroatoms. The maximum Gasteiger partial charge on any atom is 0.220 e. The molecule has 17 heavy (non-hydrogen) atoms. The number of aromatic amines is 1. The molecule has 0 unspecified atom stereocenters. The van der Waals surface area contributed by atoms with Gasteiger partial charge in [0.2, 0.25) is 5.95 Å². The summed E-state index contributed by atoms with van der Waals surface area (Å²) in [5, 5.41) is 0. The van der Waals surface area contributed by atoms with Gasteiger partial charge in [-0.1, -0.05) is 30.3 Å². The van der Waals surface area contributed by atoms with E-state index in [-0.39, 0.29) is 0 Å². The van der Waals surface area contributed by atoms with Crippen molar-refractivity contribution < 1.29 is 0 Å². The number of hydrogen-bond donors (Lipinski definition) is 3. The van der Waals surface area contributed by atoms with Crippen molar-refractivity contribution in [2.75, 3.05) is 10.9 Å². The predicted molar refractivity (Wildman–Crippen MR) is 69.8 cm³/mol. The van der Waals surface area contributed by atoms with Gasteiger partial charge in [0.05, 0.1) is 16.7 Å². The van der Waals surface area contributed by atoms with E-state index in [0.717, 1.165) is 16.7 Å². The monoisotopic (exact) mass is 224 g/mol. The molecule has 3 rings (SSSR count). The van der Waals surface area contributed by atoms with Crippen LogP contribution in [0.15, 0.2) is 54.6 Å². The number of hydrogen-bond acceptors (Lipinski definition) is 3. The third-order valence-corrected chi connectivity index (χ3v) is 2.49. The maximum atomic E-state index is 4.40. The molecule has 0 amide bonds. The van der Waals surface area contributed by atoms with Gasteiger partial charge in [0.25, 0.3) is 0 Å². The fourth-order valence-corrected chi connectivity index (χ4v) is 1.66. The first kappa shape index (κ1) is 9.72. The van der Waals surface area contributed by atoms with Gasteiger partial charge in [0.15, 0.2) is 0 Å². The van der Waals surface area contributed by atoms with Crippen molar-refractivity contribution >= 4 is 22.7 Å². The molecule has 0 spiro atoms. The van der Waals surface area contributed by atoms with Crippen molar-refractivity contribution in [3.8, 4) is 0 Å². The lowest BCUT2D eigenvalue weighted by molar-refractivity contribution is 1.25. The zero-order chi connectivity index (χ0) is 11.5. The number of rotatable bonds is 3. The first-order chi connectivity index (χ1) is 8.42. The highest BCUT2D eigenvalue weighted by Gasteiger charge is 2.00. The molecule has 0 aliphatic carbocycles. The van der Waals surface area contributed by atoms with Crippen molar-refractivity contribution in [2.24, 2.45) is 0 Å². The molecule has 0 aliphatic rings. The third kappa shape index (κ3) is 2.06. The van der Waals surface area contributed by atoms with E-state index in [1.54, 1.807) is 0 Å². The highest BCUT2D eigenvalue weighted by Crippen LogP contribution is 2.13. The van der Waals surface area contributed by atoms with Crippen molar-refractivity contribution in [1.29, 1.82) is 0 Å². The lowest BCUT2D eigenvalue weighted by Crippen LogP contribution is -2.09. The summed E-state index contributed by atoms with van der Waals surface area (Å²) in [6.07, 6.45) is 0. The molecule has 3 N–H and O–H groups in total. The van der Waals surface area contributed by atoms with Crippen molar-refractivity contribution in [1.82, 2.24) is 9.97 Å². The van der Waals surface area contributed by atoms with Crippen LogP contribution in [0.5, 0.6) is 0 Å². The summed E-state index contributed by atoms with van der Waals surface area (Å²) < 4.78 is 0. The summed E-state index contributed by atoms with van der Waals surface area (Å²) in [6.45, 7) is 0. The SMILES string of the molecule is c1ccc(NNc2nc3ccccc3[nH]2)cc1. The van der Waals surface area contributed by atoms with Gasteiger partial charge < -0.3 is 4.98 Å². The predicted octanol–water partition coefficient (Wildman–Crippen LogP) is 3.00. The number of fused-ring (bicyclic) bond motifs is 1. The minimum atomic E-state index is 0.704. The van der Waals surface area contributed by atoms with Gasteiger partial charge in [0, 0.05) is 0 Å². The number of benzene rings is 2. The minimum absolute atomic E-state index is 0.704. The Morgan fingerprint density at radius 1 is 0.824 bits per heavy atom. The van der Waals surface area contributed by atoms with Crippen LogP contribution >= 0.6 is 0 Å². The van der Waals surface area contributed by atoms with Crippen LogP contribution in [0.3, 0.4) is 0 Å². The largest absolute Gasteiger partial charge is 0.323 e. The van der Waals surface area contributed by atoms with Gasteiger partial charge in [0.1, 0.15) is 0 Å². The van der Waals surface area contributed by atoms with E-state index >= 15 is 0 Å². The number of anilines is 2. The number of H-pyrrole nitrogens is 1. The highest BCUT2D eigenvalue weighted by molar-refractivity contribution is 5.77. The first-order valence-electron chi connectivity index (χ1n) is 5.44. The Labute approximate surface area is 98.7 Å². The van der Waals surface area contributed by atoms with Crippen LogP contribution in [0.25, 0.3) is 11.0 Å². The Kier molecular flexibility index (Phi) is 2.38. The number of hydrazine groups is 1. The standard InChI is InChI=1S/C13H12N4/c1-2-6-10(7-3-1)16-17-13-14-11-8-4-5-9-12(11)15-13/h1-9,16H,(H2,14,15,17). The topological polar surface area (TPSA) is 52.7 Å². The number of nitrogens with zero attached hydrogens (tertiary/aromatic N) is 1. The van der Waals surface area contributed by atoms with Crippen LogP contribution in [-0.2, 0) is 0 Å². The summed E-state index contributed by atoms with van der Waals surface area (Å²) in [5.41, 5.74) is 9.07. The lowest BCUT2D eigenvalue weighted by atomic mass is 10.3. The van der Waals surface area contributed by atoms with E-state index in [2.05, 4.69) is 20.8 Å². The Balaban J connectivity index is 1.77. The molecule has 0 radical (unpaired) electrons. The van der Waals surface area contributed by atoms with Gasteiger partial charge in [-0.15, -0.1) is 0 Å². The summed E-state index contributed by atoms with van der Waals surface area (Å²) in [7, 11) is 0. The second kappa shape index (κ2) is 4.17. The quantitative estimate of drug-likeness (QED) is 0.599. The van der Waals surface area contributed by atoms with Crippen molar-refractivity contribution in [3.63, 3.8) is 0 Å². The van der Waals surface area contributed by atoms with Crippen molar-refractivity contribution in [2.45, 2.75) is 0 Å². The van der Waals surface area contributed by atoms with Crippen LogP contribution in [-0.4, -0.2) is 9.97 Å². The molecule has 0 fully saturated rings. The Bertz CT molecular complexity index is 582. The summed E-state index contributed by atoms with van der Waals surface area (Å²) >= 11 is 0. The number of imidazole rings is 1. The number of aromatic nitrogens is 2. The molecule has 0 saturated carbocycles. The zero-order valence-corrected chi connectivity index (χ0v) is 9.14. The molecule has 4 nitrogen and oxygen atoms in total. The van der Waals surface area contributed by atoms with E-state index in [9.17, 15) is 0 Å². The van der Waals surface area contributed by atoms with Gasteiger partial charge in [-0.25, -0.2) is 4.98 Å². The van der Waals surface area contributed by atoms with Crippen molar-refractivity contribution in [3.05, 3.63) is 54.6 Å². The minimum Gasteiger partial charge on any atom is -0.323 e. The maximum absolute atomic E-state index is 4.40. The van der Waals surface area contributed by atoms with Crippen LogP contribution in [0.1, 0.15) is 0 Å². The van der Waals surface area contributed by atoms with Crippen LogP contribution in [0.2, 0.25) is 0 Å². The zero-order valence-electron chi connectivity index (χ0n) is 9.14. The van der Waals surface area contributed by atoms with Gasteiger partial charge in [-0.3, -0.25) is 10.9 Å². The second-order valence-electron chi connectivity index (χ2n) is 3.72. The molecule has 84 valence electrons. The molecule has 0 bridgehead atoms. The summed E-state index contributed by atoms with van der Waals surface area (Å²) in [6, 6.07) is 17.8. The van der Waals surface area contributed by atoms with Crippen LogP contribution < -0.4 is 10.9 Å². The summed E-state index contributed by atoms with van der Waals surface area (Å²) in [5.74, 6) is 0.704. The molecule has 3 aromatic rings. The Morgan fingerprint density at radius 2 is 1.59 bits per heavy atom. The molecular formula is C13H12N4. The normalized spacial score (nSPS) is 10.4. The third-order valence-electron chi connectivity index (χ3n) is 2.49. The average Bonchev–Trinajstić information content (AvgIpc) is 2.80. The van der Waals surface area contributed by atoms with Crippen LogP contribution in [0, 0.1) is 0 Å². The molecule has 1 aromatic heterocycles. The van der Waals surface area contributed by atoms with E-state index in [1.165, 1.54) is 0 Å². The molecule has 0 aliphatic heterocycles. The van der Waals surface area contributed by atoms with E-state index < -0.39 is 0 Å². The molecule has 0 atom stereocenters. The first-order valence-corrected chi connectivity index (χ1v) is 5.44. The highest BCUT2D eigenvalue weighted by atomic mass is 15.4. The Hall–Kier alpha value is -2.49. The van der Waals surface area contributed by atoms with Gasteiger partial charge in [-0.2, -0.15) is 0 Å². The smallest absolute Gasteiger partial charge is 0.220 e. The lowest BCUT2D eigenvalue weighted by Gasteiger charge is -2.05. The average molecular weight is 224 g/mol. The summed E-state index contributed by atoms with van der Waals surface area (Å²) in [4.78, 5) is 7.58.